The zero-order chi connectivity index (χ0) is 15.4. The van der Waals surface area contributed by atoms with Gasteiger partial charge in [-0.2, -0.15) is 0 Å². The smallest absolute Gasteiger partial charge is 0.140 e. The van der Waals surface area contributed by atoms with Crippen LogP contribution in [-0.4, -0.2) is 6.04 Å². The van der Waals surface area contributed by atoms with Gasteiger partial charge < -0.3 is 10.5 Å². The van der Waals surface area contributed by atoms with Crippen LogP contribution in [0.3, 0.4) is 0 Å². The number of ether oxygens (including phenoxy) is 1. The molecule has 4 heteroatoms. The van der Waals surface area contributed by atoms with Gasteiger partial charge in [-0.1, -0.05) is 48.3 Å². The molecule has 0 fully saturated rings. The molecule has 2 aromatic carbocycles. The highest BCUT2D eigenvalue weighted by molar-refractivity contribution is 6.31. The Morgan fingerprint density at radius 2 is 1.81 bits per heavy atom. The first-order valence-electron chi connectivity index (χ1n) is 6.95. The summed E-state index contributed by atoms with van der Waals surface area (Å²) in [7, 11) is 0. The molecule has 0 aliphatic heterocycles. The molecule has 0 aliphatic rings. The van der Waals surface area contributed by atoms with Gasteiger partial charge in [-0.05, 0) is 43.2 Å². The fourth-order valence-corrected chi connectivity index (χ4v) is 2.50. The van der Waals surface area contributed by atoms with E-state index in [0.717, 1.165) is 28.3 Å². The molecule has 2 N–H and O–H groups in total. The van der Waals surface area contributed by atoms with Crippen molar-refractivity contribution in [3.05, 3.63) is 63.6 Å². The zero-order valence-electron chi connectivity index (χ0n) is 12.1. The maximum absolute atomic E-state index is 6.29. The van der Waals surface area contributed by atoms with E-state index in [9.17, 15) is 0 Å². The fraction of sp³-hybridized carbons (Fsp3) is 0.294. The second-order valence-corrected chi connectivity index (χ2v) is 5.86. The van der Waals surface area contributed by atoms with E-state index in [4.69, 9.17) is 33.7 Å². The van der Waals surface area contributed by atoms with Gasteiger partial charge in [0.05, 0.1) is 0 Å². The van der Waals surface area contributed by atoms with Crippen LogP contribution in [0.25, 0.3) is 0 Å². The van der Waals surface area contributed by atoms with E-state index in [1.807, 2.05) is 56.3 Å². The van der Waals surface area contributed by atoms with Crippen molar-refractivity contribution in [3.63, 3.8) is 0 Å². The highest BCUT2D eigenvalue weighted by atomic mass is 35.5. The Balaban J connectivity index is 2.33. The van der Waals surface area contributed by atoms with Gasteiger partial charge >= 0.3 is 0 Å². The quantitative estimate of drug-likeness (QED) is 0.824. The van der Waals surface area contributed by atoms with Crippen LogP contribution in [0.5, 0.6) is 5.75 Å². The van der Waals surface area contributed by atoms with Crippen LogP contribution < -0.4 is 10.5 Å². The summed E-state index contributed by atoms with van der Waals surface area (Å²) >= 11 is 12.3. The van der Waals surface area contributed by atoms with E-state index in [2.05, 4.69) is 0 Å². The Morgan fingerprint density at radius 1 is 1.10 bits per heavy atom. The second kappa shape index (κ2) is 7.17. The maximum atomic E-state index is 6.29. The summed E-state index contributed by atoms with van der Waals surface area (Å²) in [6.45, 7) is 3.98. The normalized spacial score (nSPS) is 13.8. The van der Waals surface area contributed by atoms with Gasteiger partial charge in [-0.3, -0.25) is 0 Å². The summed E-state index contributed by atoms with van der Waals surface area (Å²) in [5.74, 6) is 0.741. The van der Waals surface area contributed by atoms with Crippen molar-refractivity contribution in [3.8, 4) is 5.75 Å². The van der Waals surface area contributed by atoms with Crippen molar-refractivity contribution in [1.29, 1.82) is 0 Å². The molecule has 0 amide bonds. The number of hydrogen-bond donors (Lipinski definition) is 1. The van der Waals surface area contributed by atoms with E-state index >= 15 is 0 Å². The van der Waals surface area contributed by atoms with Gasteiger partial charge in [0.25, 0.3) is 0 Å². The highest BCUT2D eigenvalue weighted by Gasteiger charge is 2.23. The summed E-state index contributed by atoms with van der Waals surface area (Å²) < 4.78 is 6.10. The van der Waals surface area contributed by atoms with Crippen LogP contribution in [0.2, 0.25) is 10.0 Å². The highest BCUT2D eigenvalue weighted by Crippen LogP contribution is 2.31. The number of rotatable bonds is 5. The minimum Gasteiger partial charge on any atom is -0.484 e. The lowest BCUT2D eigenvalue weighted by atomic mass is 10.0. The minimum atomic E-state index is -0.288. The molecule has 112 valence electrons. The molecule has 2 aromatic rings. The largest absolute Gasteiger partial charge is 0.484 e. The molecule has 0 aliphatic carbocycles. The average Bonchev–Trinajstić information content (AvgIpc) is 2.48. The van der Waals surface area contributed by atoms with Crippen molar-refractivity contribution in [2.45, 2.75) is 32.4 Å². The maximum Gasteiger partial charge on any atom is 0.140 e. The number of hydrogen-bond acceptors (Lipinski definition) is 2. The summed E-state index contributed by atoms with van der Waals surface area (Å²) in [6.07, 6.45) is 0.506. The van der Waals surface area contributed by atoms with Gasteiger partial charge in [-0.15, -0.1) is 0 Å². The van der Waals surface area contributed by atoms with Crippen molar-refractivity contribution < 1.29 is 4.74 Å². The third-order valence-corrected chi connectivity index (χ3v) is 4.23. The molecule has 0 spiro atoms. The van der Waals surface area contributed by atoms with Crippen molar-refractivity contribution in [1.82, 2.24) is 0 Å². The summed E-state index contributed by atoms with van der Waals surface area (Å²) in [5, 5.41) is 1.38. The van der Waals surface area contributed by atoms with Gasteiger partial charge in [0.1, 0.15) is 11.9 Å². The molecule has 2 unspecified atom stereocenters. The first-order valence-corrected chi connectivity index (χ1v) is 7.71. The Morgan fingerprint density at radius 3 is 2.43 bits per heavy atom. The van der Waals surface area contributed by atoms with Crippen molar-refractivity contribution in [2.24, 2.45) is 5.73 Å². The van der Waals surface area contributed by atoms with Gasteiger partial charge in [0, 0.05) is 21.7 Å². The first-order chi connectivity index (χ1) is 10.0. The number of benzene rings is 2. The Labute approximate surface area is 135 Å². The lowest BCUT2D eigenvalue weighted by Crippen LogP contribution is -2.31. The predicted octanol–water partition coefficient (Wildman–Crippen LogP) is 5.16. The topological polar surface area (TPSA) is 35.2 Å². The molecule has 2 nitrogen and oxygen atoms in total. The third kappa shape index (κ3) is 3.91. The second-order valence-electron chi connectivity index (χ2n) is 5.04. The predicted molar refractivity (Wildman–Crippen MR) is 89.3 cm³/mol. The standard InChI is InChI=1S/C17H19Cl2NO/c1-3-16(20)17(13-6-4-5-7-15(13)19)21-12-8-9-14(18)11(2)10-12/h4-10,16-17H,3,20H2,1-2H3. The molecule has 0 heterocycles. The van der Waals surface area contributed by atoms with E-state index in [0.29, 0.717) is 5.02 Å². The lowest BCUT2D eigenvalue weighted by Gasteiger charge is -2.25. The van der Waals surface area contributed by atoms with Crippen LogP contribution in [0.1, 0.15) is 30.6 Å². The van der Waals surface area contributed by atoms with E-state index < -0.39 is 0 Å². The molecular formula is C17H19Cl2NO. The first kappa shape index (κ1) is 16.2. The number of halogens is 2. The average molecular weight is 324 g/mol. The summed E-state index contributed by atoms with van der Waals surface area (Å²) in [4.78, 5) is 0. The molecule has 0 radical (unpaired) electrons. The number of aryl methyl sites for hydroxylation is 1. The minimum absolute atomic E-state index is 0.138. The Kier molecular flexibility index (Phi) is 5.51. The monoisotopic (exact) mass is 323 g/mol. The van der Waals surface area contributed by atoms with Crippen LogP contribution in [-0.2, 0) is 0 Å². The molecule has 2 atom stereocenters. The molecule has 2 rings (SSSR count). The molecule has 21 heavy (non-hydrogen) atoms. The molecular weight excluding hydrogens is 305 g/mol. The number of nitrogens with two attached hydrogens (primary N) is 1. The summed E-state index contributed by atoms with van der Waals surface area (Å²) in [5.41, 5.74) is 8.10. The van der Waals surface area contributed by atoms with Crippen molar-refractivity contribution in [2.75, 3.05) is 0 Å². The van der Waals surface area contributed by atoms with E-state index in [1.54, 1.807) is 0 Å². The SMILES string of the molecule is CCC(N)C(Oc1ccc(Cl)c(C)c1)c1ccccc1Cl. The van der Waals surface area contributed by atoms with E-state index in [-0.39, 0.29) is 12.1 Å². The molecule has 0 aromatic heterocycles. The Hall–Kier alpha value is -1.22. The molecule has 0 bridgehead atoms. The van der Waals surface area contributed by atoms with Crippen LogP contribution in [0, 0.1) is 6.92 Å². The molecule has 0 saturated carbocycles. The third-order valence-electron chi connectivity index (χ3n) is 3.46. The van der Waals surface area contributed by atoms with Crippen molar-refractivity contribution >= 4 is 23.2 Å². The van der Waals surface area contributed by atoms with Crippen LogP contribution >= 0.6 is 23.2 Å². The van der Waals surface area contributed by atoms with Gasteiger partial charge in [0.2, 0.25) is 0 Å². The lowest BCUT2D eigenvalue weighted by molar-refractivity contribution is 0.171. The summed E-state index contributed by atoms with van der Waals surface area (Å²) in [6, 6.07) is 13.1. The van der Waals surface area contributed by atoms with Crippen LogP contribution in [0.15, 0.2) is 42.5 Å². The fourth-order valence-electron chi connectivity index (χ4n) is 2.14. The van der Waals surface area contributed by atoms with Gasteiger partial charge in [-0.25, -0.2) is 0 Å². The zero-order valence-corrected chi connectivity index (χ0v) is 13.7. The van der Waals surface area contributed by atoms with Crippen LogP contribution in [0.4, 0.5) is 0 Å². The van der Waals surface area contributed by atoms with Gasteiger partial charge in [0.15, 0.2) is 0 Å². The molecule has 0 saturated heterocycles. The Bertz CT molecular complexity index is 615. The van der Waals surface area contributed by atoms with E-state index in [1.165, 1.54) is 0 Å².